The van der Waals surface area contributed by atoms with E-state index in [1.54, 1.807) is 11.6 Å². The second-order valence-electron chi connectivity index (χ2n) is 7.42. The van der Waals surface area contributed by atoms with Gasteiger partial charge in [0.25, 0.3) is 0 Å². The van der Waals surface area contributed by atoms with E-state index in [9.17, 15) is 9.59 Å². The molecular weight excluding hydrogens is 342 g/mol. The fourth-order valence-electron chi connectivity index (χ4n) is 4.18. The van der Waals surface area contributed by atoms with Crippen molar-refractivity contribution in [1.82, 2.24) is 24.9 Å². The Hall–Kier alpha value is -2.44. The van der Waals surface area contributed by atoms with Gasteiger partial charge in [0.05, 0.1) is 17.5 Å². The summed E-state index contributed by atoms with van der Waals surface area (Å²) in [6.07, 6.45) is 5.33. The van der Waals surface area contributed by atoms with Crippen molar-refractivity contribution < 1.29 is 9.59 Å². The van der Waals surface area contributed by atoms with Crippen molar-refractivity contribution >= 4 is 11.7 Å². The average molecular weight is 371 g/mol. The Bertz CT molecular complexity index is 836. The molecule has 0 spiro atoms. The molecule has 7 heteroatoms. The molecule has 1 N–H and O–H groups in total. The van der Waals surface area contributed by atoms with E-state index in [0.717, 1.165) is 43.7 Å². The van der Waals surface area contributed by atoms with Gasteiger partial charge in [-0.25, -0.2) is 0 Å². The third kappa shape index (κ3) is 3.96. The van der Waals surface area contributed by atoms with E-state index in [2.05, 4.69) is 22.2 Å². The molecule has 0 aliphatic carbocycles. The van der Waals surface area contributed by atoms with E-state index in [-0.39, 0.29) is 11.7 Å². The summed E-state index contributed by atoms with van der Waals surface area (Å²) in [6, 6.07) is 0. The third-order valence-corrected chi connectivity index (χ3v) is 5.59. The fraction of sp³-hybridized carbons (Fsp3) is 0.600. The first-order valence-corrected chi connectivity index (χ1v) is 9.77. The van der Waals surface area contributed by atoms with E-state index in [4.69, 9.17) is 0 Å². The molecule has 2 aromatic heterocycles. The van der Waals surface area contributed by atoms with Crippen molar-refractivity contribution in [2.24, 2.45) is 0 Å². The predicted molar refractivity (Wildman–Crippen MR) is 103 cm³/mol. The second-order valence-corrected chi connectivity index (χ2v) is 7.42. The van der Waals surface area contributed by atoms with Crippen LogP contribution in [0, 0.1) is 13.8 Å². The summed E-state index contributed by atoms with van der Waals surface area (Å²) >= 11 is 0. The highest BCUT2D eigenvalue weighted by atomic mass is 16.2. The molecule has 1 saturated heterocycles. The Balaban J connectivity index is 1.63. The van der Waals surface area contributed by atoms with Crippen LogP contribution in [0.5, 0.6) is 0 Å². The quantitative estimate of drug-likeness (QED) is 0.792. The first-order valence-electron chi connectivity index (χ1n) is 9.77. The summed E-state index contributed by atoms with van der Waals surface area (Å²) in [5, 5.41) is 11.8. The van der Waals surface area contributed by atoms with Gasteiger partial charge in [0, 0.05) is 43.4 Å². The number of H-pyrrole nitrogens is 1. The molecule has 1 fully saturated rings. The standard InChI is InChI=1S/C20H29N5O2/c1-5-16-11-21-22-20(16)17-7-6-9-24(12-17)18(27)8-10-25-14(3)19(15(4)26)13(2)23-25/h11,17H,5-10,12H2,1-4H3,(H,21,22)/t17-/m0/s1. The van der Waals surface area contributed by atoms with Gasteiger partial charge in [-0.2, -0.15) is 10.2 Å². The van der Waals surface area contributed by atoms with Crippen molar-refractivity contribution in [2.75, 3.05) is 13.1 Å². The van der Waals surface area contributed by atoms with Crippen molar-refractivity contribution in [1.29, 1.82) is 0 Å². The molecule has 0 bridgehead atoms. The molecule has 1 amide bonds. The van der Waals surface area contributed by atoms with Crippen LogP contribution in [0.2, 0.25) is 0 Å². The molecular formula is C20H29N5O2. The van der Waals surface area contributed by atoms with Crippen LogP contribution in [0.3, 0.4) is 0 Å². The van der Waals surface area contributed by atoms with Gasteiger partial charge < -0.3 is 4.90 Å². The monoisotopic (exact) mass is 371 g/mol. The zero-order chi connectivity index (χ0) is 19.6. The van der Waals surface area contributed by atoms with E-state index in [0.29, 0.717) is 24.4 Å². The number of aromatic amines is 1. The highest BCUT2D eigenvalue weighted by Gasteiger charge is 2.27. The molecule has 27 heavy (non-hydrogen) atoms. The minimum Gasteiger partial charge on any atom is -0.342 e. The van der Waals surface area contributed by atoms with Gasteiger partial charge in [-0.05, 0) is 45.6 Å². The summed E-state index contributed by atoms with van der Waals surface area (Å²) < 4.78 is 1.79. The van der Waals surface area contributed by atoms with Crippen molar-refractivity contribution in [2.45, 2.75) is 65.8 Å². The summed E-state index contributed by atoms with van der Waals surface area (Å²) in [6.45, 7) is 9.47. The molecule has 2 aromatic rings. The Kier molecular flexibility index (Phi) is 5.77. The van der Waals surface area contributed by atoms with Gasteiger partial charge in [-0.3, -0.25) is 19.4 Å². The normalized spacial score (nSPS) is 17.3. The SMILES string of the molecule is CCc1cn[nH]c1[C@H]1CCCN(C(=O)CCn2nc(C)c(C(C)=O)c2C)C1. The molecule has 0 radical (unpaired) electrons. The van der Waals surface area contributed by atoms with Crippen LogP contribution in [0.25, 0.3) is 0 Å². The van der Waals surface area contributed by atoms with Crippen molar-refractivity contribution in [3.8, 4) is 0 Å². The number of likely N-dealkylation sites (tertiary alicyclic amines) is 1. The number of aromatic nitrogens is 4. The van der Waals surface area contributed by atoms with Crippen LogP contribution in [-0.2, 0) is 17.8 Å². The second kappa shape index (κ2) is 8.06. The minimum absolute atomic E-state index is 0.0211. The number of nitrogens with zero attached hydrogens (tertiary/aromatic N) is 4. The molecule has 1 aliphatic rings. The average Bonchev–Trinajstić information content (AvgIpc) is 3.23. The van der Waals surface area contributed by atoms with Gasteiger partial charge >= 0.3 is 0 Å². The lowest BCUT2D eigenvalue weighted by Crippen LogP contribution is -2.39. The number of Topliss-reactive ketones (excluding diaryl/α,β-unsaturated/α-hetero) is 1. The van der Waals surface area contributed by atoms with Gasteiger partial charge in [0.15, 0.2) is 5.78 Å². The molecule has 1 atom stereocenters. The molecule has 7 nitrogen and oxygen atoms in total. The highest BCUT2D eigenvalue weighted by Crippen LogP contribution is 2.28. The van der Waals surface area contributed by atoms with Crippen LogP contribution < -0.4 is 0 Å². The Labute approximate surface area is 160 Å². The first-order chi connectivity index (χ1) is 12.9. The molecule has 0 aromatic carbocycles. The predicted octanol–water partition coefficient (Wildman–Crippen LogP) is 2.78. The fourth-order valence-corrected chi connectivity index (χ4v) is 4.18. The number of carbonyl (C=O) groups excluding carboxylic acids is 2. The van der Waals surface area contributed by atoms with E-state index in [1.807, 2.05) is 24.9 Å². The van der Waals surface area contributed by atoms with Crippen LogP contribution >= 0.6 is 0 Å². The molecule has 3 heterocycles. The van der Waals surface area contributed by atoms with Gasteiger partial charge in [0.2, 0.25) is 5.91 Å². The number of amides is 1. The Morgan fingerprint density at radius 1 is 1.33 bits per heavy atom. The minimum atomic E-state index is 0.0211. The number of hydrogen-bond acceptors (Lipinski definition) is 4. The number of ketones is 1. The van der Waals surface area contributed by atoms with Crippen molar-refractivity contribution in [3.05, 3.63) is 34.4 Å². The number of carbonyl (C=O) groups is 2. The Morgan fingerprint density at radius 2 is 2.11 bits per heavy atom. The van der Waals surface area contributed by atoms with Crippen LogP contribution in [0.1, 0.15) is 72.0 Å². The topological polar surface area (TPSA) is 83.9 Å². The summed E-state index contributed by atoms with van der Waals surface area (Å²) in [7, 11) is 0. The highest BCUT2D eigenvalue weighted by molar-refractivity contribution is 5.96. The maximum absolute atomic E-state index is 12.8. The van der Waals surface area contributed by atoms with E-state index >= 15 is 0 Å². The molecule has 146 valence electrons. The molecule has 1 aliphatic heterocycles. The molecule has 0 saturated carbocycles. The lowest BCUT2D eigenvalue weighted by molar-refractivity contribution is -0.132. The third-order valence-electron chi connectivity index (χ3n) is 5.59. The van der Waals surface area contributed by atoms with E-state index < -0.39 is 0 Å². The first kappa shape index (κ1) is 19.3. The molecule has 0 unspecified atom stereocenters. The summed E-state index contributed by atoms with van der Waals surface area (Å²) in [5.41, 5.74) is 4.67. The lowest BCUT2D eigenvalue weighted by Gasteiger charge is -2.33. The molecule has 3 rings (SSSR count). The number of rotatable bonds is 6. The maximum Gasteiger partial charge on any atom is 0.224 e. The number of nitrogens with one attached hydrogen (secondary N) is 1. The smallest absolute Gasteiger partial charge is 0.224 e. The summed E-state index contributed by atoms with van der Waals surface area (Å²) in [4.78, 5) is 26.5. The summed E-state index contributed by atoms with van der Waals surface area (Å²) in [5.74, 6) is 0.500. The van der Waals surface area contributed by atoms with E-state index in [1.165, 1.54) is 11.3 Å². The largest absolute Gasteiger partial charge is 0.342 e. The number of aryl methyl sites for hydroxylation is 3. The lowest BCUT2D eigenvalue weighted by atomic mass is 9.92. The number of piperidine rings is 1. The van der Waals surface area contributed by atoms with Gasteiger partial charge in [0.1, 0.15) is 0 Å². The zero-order valence-corrected chi connectivity index (χ0v) is 16.7. The van der Waals surface area contributed by atoms with Gasteiger partial charge in [-0.1, -0.05) is 6.92 Å². The van der Waals surface area contributed by atoms with Crippen molar-refractivity contribution in [3.63, 3.8) is 0 Å². The van der Waals surface area contributed by atoms with Crippen LogP contribution in [0.4, 0.5) is 0 Å². The van der Waals surface area contributed by atoms with Crippen LogP contribution in [-0.4, -0.2) is 49.7 Å². The van der Waals surface area contributed by atoms with Gasteiger partial charge in [-0.15, -0.1) is 0 Å². The Morgan fingerprint density at radius 3 is 2.78 bits per heavy atom. The number of hydrogen-bond donors (Lipinski definition) is 1. The zero-order valence-electron chi connectivity index (χ0n) is 16.7. The van der Waals surface area contributed by atoms with Crippen LogP contribution in [0.15, 0.2) is 6.20 Å². The maximum atomic E-state index is 12.8.